The van der Waals surface area contributed by atoms with Crippen molar-refractivity contribution in [2.24, 2.45) is 0 Å². The minimum atomic E-state index is -0.841. The number of hydrogen-bond acceptors (Lipinski definition) is 4. The van der Waals surface area contributed by atoms with Crippen LogP contribution in [-0.4, -0.2) is 42.8 Å². The second kappa shape index (κ2) is 8.38. The van der Waals surface area contributed by atoms with Crippen LogP contribution in [0.15, 0.2) is 36.4 Å². The lowest BCUT2D eigenvalue weighted by atomic mass is 9.94. The Morgan fingerprint density at radius 2 is 1.81 bits per heavy atom. The molecule has 1 N–H and O–H groups in total. The number of carbonyl (C=O) groups is 1. The Morgan fingerprint density at radius 1 is 1.15 bits per heavy atom. The number of rotatable bonds is 6. The zero-order chi connectivity index (χ0) is 19.6. The molecule has 2 aromatic rings. The first kappa shape index (κ1) is 19.8. The third-order valence-corrected chi connectivity index (χ3v) is 5.65. The molecule has 5 nitrogen and oxygen atoms in total. The molecule has 0 amide bonds. The Bertz CT molecular complexity index is 820. The predicted molar refractivity (Wildman–Crippen MR) is 105 cm³/mol. The highest BCUT2D eigenvalue weighted by Gasteiger charge is 2.39. The first-order chi connectivity index (χ1) is 13.0. The lowest BCUT2D eigenvalue weighted by Gasteiger charge is -2.33. The van der Waals surface area contributed by atoms with Crippen LogP contribution in [0.3, 0.4) is 0 Å². The fourth-order valence-corrected chi connectivity index (χ4v) is 4.03. The molecule has 2 atom stereocenters. The Balaban J connectivity index is 2.22. The standard InChI is InChI=1S/C20H21Cl2NO4/c1-26-16-6-3-7-17(27-2)18(16)19(12-8-9-13(21)14(22)11-12)23-10-4-5-15(23)20(24)25/h3,6-9,11,15,19H,4-5,10H2,1-2H3,(H,24,25). The van der Waals surface area contributed by atoms with Crippen LogP contribution in [0.2, 0.25) is 10.0 Å². The van der Waals surface area contributed by atoms with E-state index in [1.54, 1.807) is 26.4 Å². The summed E-state index contributed by atoms with van der Waals surface area (Å²) in [6.45, 7) is 0.642. The molecule has 7 heteroatoms. The van der Waals surface area contributed by atoms with Crippen molar-refractivity contribution in [1.29, 1.82) is 0 Å². The molecule has 1 aliphatic rings. The Labute approximate surface area is 168 Å². The van der Waals surface area contributed by atoms with Gasteiger partial charge in [0.25, 0.3) is 0 Å². The molecule has 0 bridgehead atoms. The van der Waals surface area contributed by atoms with E-state index in [2.05, 4.69) is 0 Å². The van der Waals surface area contributed by atoms with E-state index in [0.29, 0.717) is 34.5 Å². The van der Waals surface area contributed by atoms with E-state index < -0.39 is 18.1 Å². The molecule has 3 rings (SSSR count). The normalized spacial score (nSPS) is 18.3. The second-order valence-electron chi connectivity index (χ2n) is 6.39. The molecule has 27 heavy (non-hydrogen) atoms. The molecular weight excluding hydrogens is 389 g/mol. The minimum Gasteiger partial charge on any atom is -0.496 e. The molecule has 0 radical (unpaired) electrons. The predicted octanol–water partition coefficient (Wildman–Crippen LogP) is 4.65. The van der Waals surface area contributed by atoms with E-state index in [1.807, 2.05) is 29.2 Å². The van der Waals surface area contributed by atoms with Crippen molar-refractivity contribution in [1.82, 2.24) is 4.90 Å². The van der Waals surface area contributed by atoms with Crippen LogP contribution < -0.4 is 9.47 Å². The average molecular weight is 410 g/mol. The first-order valence-corrected chi connectivity index (χ1v) is 9.38. The van der Waals surface area contributed by atoms with Crippen molar-refractivity contribution in [3.05, 3.63) is 57.6 Å². The summed E-state index contributed by atoms with van der Waals surface area (Å²) in [6.07, 6.45) is 1.39. The van der Waals surface area contributed by atoms with Gasteiger partial charge >= 0.3 is 5.97 Å². The van der Waals surface area contributed by atoms with E-state index >= 15 is 0 Å². The number of ether oxygens (including phenoxy) is 2. The van der Waals surface area contributed by atoms with Crippen molar-refractivity contribution in [3.8, 4) is 11.5 Å². The number of halogens is 2. The lowest BCUT2D eigenvalue weighted by Crippen LogP contribution is -2.39. The highest BCUT2D eigenvalue weighted by Crippen LogP contribution is 2.44. The van der Waals surface area contributed by atoms with Crippen LogP contribution in [0, 0.1) is 0 Å². The summed E-state index contributed by atoms with van der Waals surface area (Å²) in [5.74, 6) is 0.411. The topological polar surface area (TPSA) is 59.0 Å². The van der Waals surface area contributed by atoms with Crippen LogP contribution in [0.1, 0.15) is 30.0 Å². The van der Waals surface area contributed by atoms with Crippen LogP contribution in [0.25, 0.3) is 0 Å². The number of carboxylic acid groups (broad SMARTS) is 1. The summed E-state index contributed by atoms with van der Waals surface area (Å²) in [6, 6.07) is 9.89. The SMILES string of the molecule is COc1cccc(OC)c1C(c1ccc(Cl)c(Cl)c1)N1CCCC1C(=O)O. The van der Waals surface area contributed by atoms with E-state index in [9.17, 15) is 9.90 Å². The van der Waals surface area contributed by atoms with Gasteiger partial charge in [0.1, 0.15) is 17.5 Å². The number of likely N-dealkylation sites (tertiary alicyclic amines) is 1. The van der Waals surface area contributed by atoms with E-state index in [0.717, 1.165) is 17.5 Å². The molecule has 2 aromatic carbocycles. The highest BCUT2D eigenvalue weighted by atomic mass is 35.5. The lowest BCUT2D eigenvalue weighted by molar-refractivity contribution is -0.142. The van der Waals surface area contributed by atoms with Crippen molar-refractivity contribution in [2.75, 3.05) is 20.8 Å². The van der Waals surface area contributed by atoms with Crippen molar-refractivity contribution < 1.29 is 19.4 Å². The first-order valence-electron chi connectivity index (χ1n) is 8.62. The minimum absolute atomic E-state index is 0.394. The van der Waals surface area contributed by atoms with Crippen molar-refractivity contribution in [2.45, 2.75) is 24.9 Å². The van der Waals surface area contributed by atoms with Gasteiger partial charge in [-0.15, -0.1) is 0 Å². The van der Waals surface area contributed by atoms with Gasteiger partial charge in [0.2, 0.25) is 0 Å². The highest BCUT2D eigenvalue weighted by molar-refractivity contribution is 6.42. The molecule has 2 unspecified atom stereocenters. The van der Waals surface area contributed by atoms with Crippen molar-refractivity contribution in [3.63, 3.8) is 0 Å². The summed E-state index contributed by atoms with van der Waals surface area (Å²) in [5, 5.41) is 10.6. The van der Waals surface area contributed by atoms with Crippen LogP contribution >= 0.6 is 23.2 Å². The molecule has 0 spiro atoms. The molecule has 1 aliphatic heterocycles. The molecule has 1 saturated heterocycles. The number of benzene rings is 2. The van der Waals surface area contributed by atoms with Crippen LogP contribution in [-0.2, 0) is 4.79 Å². The molecule has 0 aromatic heterocycles. The molecular formula is C20H21Cl2NO4. The van der Waals surface area contributed by atoms with Crippen LogP contribution in [0.4, 0.5) is 0 Å². The quantitative estimate of drug-likeness (QED) is 0.752. The Hall–Kier alpha value is -1.95. The zero-order valence-electron chi connectivity index (χ0n) is 15.1. The second-order valence-corrected chi connectivity index (χ2v) is 7.20. The number of hydrogen-bond donors (Lipinski definition) is 1. The van der Waals surface area contributed by atoms with Gasteiger partial charge in [-0.05, 0) is 42.7 Å². The smallest absolute Gasteiger partial charge is 0.320 e. The molecule has 1 heterocycles. The Kier molecular flexibility index (Phi) is 6.15. The maximum atomic E-state index is 11.9. The van der Waals surface area contributed by atoms with E-state index in [1.165, 1.54) is 0 Å². The fourth-order valence-electron chi connectivity index (χ4n) is 3.72. The summed E-state index contributed by atoms with van der Waals surface area (Å²) in [4.78, 5) is 13.8. The Morgan fingerprint density at radius 3 is 2.37 bits per heavy atom. The number of methoxy groups -OCH3 is 2. The van der Waals surface area contributed by atoms with Gasteiger partial charge in [0, 0.05) is 6.54 Å². The molecule has 0 aliphatic carbocycles. The molecule has 1 fully saturated rings. The maximum Gasteiger partial charge on any atom is 0.320 e. The van der Waals surface area contributed by atoms with E-state index in [-0.39, 0.29) is 0 Å². The van der Waals surface area contributed by atoms with Gasteiger partial charge in [-0.3, -0.25) is 9.69 Å². The van der Waals surface area contributed by atoms with Gasteiger partial charge in [0.15, 0.2) is 0 Å². The van der Waals surface area contributed by atoms with Gasteiger partial charge in [-0.1, -0.05) is 35.3 Å². The van der Waals surface area contributed by atoms with E-state index in [4.69, 9.17) is 32.7 Å². The largest absolute Gasteiger partial charge is 0.496 e. The summed E-state index contributed by atoms with van der Waals surface area (Å²) < 4.78 is 11.2. The maximum absolute atomic E-state index is 11.9. The summed E-state index contributed by atoms with van der Waals surface area (Å²) >= 11 is 12.4. The monoisotopic (exact) mass is 409 g/mol. The third-order valence-electron chi connectivity index (χ3n) is 4.91. The van der Waals surface area contributed by atoms with Gasteiger partial charge in [-0.2, -0.15) is 0 Å². The number of aliphatic carboxylic acids is 1. The molecule has 0 saturated carbocycles. The fraction of sp³-hybridized carbons (Fsp3) is 0.350. The van der Waals surface area contributed by atoms with Gasteiger partial charge in [0.05, 0.1) is 35.9 Å². The summed E-state index contributed by atoms with van der Waals surface area (Å²) in [7, 11) is 3.17. The third kappa shape index (κ3) is 3.86. The van der Waals surface area contributed by atoms with Crippen molar-refractivity contribution >= 4 is 29.2 Å². The summed E-state index contributed by atoms with van der Waals surface area (Å²) in [5.41, 5.74) is 1.61. The van der Waals surface area contributed by atoms with Gasteiger partial charge in [-0.25, -0.2) is 0 Å². The molecule has 144 valence electrons. The van der Waals surface area contributed by atoms with Gasteiger partial charge < -0.3 is 14.6 Å². The number of nitrogens with zero attached hydrogens (tertiary/aromatic N) is 1. The zero-order valence-corrected chi connectivity index (χ0v) is 16.6. The van der Waals surface area contributed by atoms with Crippen LogP contribution in [0.5, 0.6) is 11.5 Å². The average Bonchev–Trinajstić information content (AvgIpc) is 3.14. The number of carboxylic acids is 1.